The predicted octanol–water partition coefficient (Wildman–Crippen LogP) is 0.657. The van der Waals surface area contributed by atoms with Gasteiger partial charge in [-0.05, 0) is 25.0 Å². The zero-order valence-electron chi connectivity index (χ0n) is 10.1. The quantitative estimate of drug-likeness (QED) is 0.683. The molecule has 0 bridgehead atoms. The number of para-hydroxylation sites is 1. The van der Waals surface area contributed by atoms with Crippen LogP contribution in [0.15, 0.2) is 30.3 Å². The van der Waals surface area contributed by atoms with Crippen molar-refractivity contribution in [1.82, 2.24) is 10.6 Å². The average Bonchev–Trinajstić information content (AvgIpc) is 2.66. The van der Waals surface area contributed by atoms with Gasteiger partial charge >= 0.3 is 6.03 Å². The van der Waals surface area contributed by atoms with Gasteiger partial charge in [0.15, 0.2) is 6.23 Å². The van der Waals surface area contributed by atoms with E-state index in [0.717, 1.165) is 25.9 Å². The summed E-state index contributed by atoms with van der Waals surface area (Å²) in [6.07, 6.45) is 0.729. The van der Waals surface area contributed by atoms with Crippen LogP contribution in [0.2, 0.25) is 0 Å². The highest BCUT2D eigenvalue weighted by molar-refractivity contribution is 5.78. The van der Waals surface area contributed by atoms with Crippen molar-refractivity contribution in [2.75, 3.05) is 18.0 Å². The molecule has 1 atom stereocenters. The number of anilines is 1. The first-order valence-corrected chi connectivity index (χ1v) is 6.26. The third-order valence-corrected chi connectivity index (χ3v) is 3.93. The van der Waals surface area contributed by atoms with Crippen LogP contribution in [0.1, 0.15) is 12.8 Å². The van der Waals surface area contributed by atoms with Crippen LogP contribution in [0.25, 0.3) is 0 Å². The van der Waals surface area contributed by atoms with E-state index in [1.54, 1.807) is 0 Å². The molecule has 2 amide bonds. The van der Waals surface area contributed by atoms with Gasteiger partial charge in [0.2, 0.25) is 0 Å². The molecule has 2 aliphatic rings. The van der Waals surface area contributed by atoms with Crippen molar-refractivity contribution < 1.29 is 9.90 Å². The van der Waals surface area contributed by atoms with E-state index in [0.29, 0.717) is 0 Å². The Balaban J connectivity index is 1.70. The second kappa shape index (κ2) is 4.17. The first-order valence-electron chi connectivity index (χ1n) is 6.26. The van der Waals surface area contributed by atoms with E-state index in [4.69, 9.17) is 0 Å². The van der Waals surface area contributed by atoms with Crippen LogP contribution in [-0.4, -0.2) is 36.0 Å². The second-order valence-corrected chi connectivity index (χ2v) is 4.98. The van der Waals surface area contributed by atoms with E-state index in [1.807, 2.05) is 18.2 Å². The molecule has 2 heterocycles. The van der Waals surface area contributed by atoms with Crippen LogP contribution < -0.4 is 15.5 Å². The molecular weight excluding hydrogens is 230 g/mol. The first kappa shape index (κ1) is 11.3. The number of nitrogens with one attached hydrogen (secondary N) is 2. The highest BCUT2D eigenvalue weighted by atomic mass is 16.3. The van der Waals surface area contributed by atoms with Gasteiger partial charge in [0.1, 0.15) is 0 Å². The van der Waals surface area contributed by atoms with Crippen molar-refractivity contribution in [1.29, 1.82) is 0 Å². The van der Waals surface area contributed by atoms with E-state index < -0.39 is 11.8 Å². The average molecular weight is 247 g/mol. The summed E-state index contributed by atoms with van der Waals surface area (Å²) in [6.45, 7) is 1.67. The maximum absolute atomic E-state index is 11.3. The Hall–Kier alpha value is -1.75. The molecule has 2 fully saturated rings. The minimum atomic E-state index is -0.775. The molecule has 1 aromatic rings. The number of carbonyl (C=O) groups excluding carboxylic acids is 1. The van der Waals surface area contributed by atoms with Gasteiger partial charge in [-0.3, -0.25) is 0 Å². The van der Waals surface area contributed by atoms with Gasteiger partial charge in [-0.1, -0.05) is 18.2 Å². The molecule has 1 aromatic carbocycles. The largest absolute Gasteiger partial charge is 0.371 e. The molecule has 1 unspecified atom stereocenters. The highest BCUT2D eigenvalue weighted by Crippen LogP contribution is 2.30. The van der Waals surface area contributed by atoms with Crippen LogP contribution in [0.4, 0.5) is 10.5 Å². The minimum absolute atomic E-state index is 0.268. The zero-order valence-corrected chi connectivity index (χ0v) is 10.1. The van der Waals surface area contributed by atoms with Gasteiger partial charge in [-0.25, -0.2) is 4.79 Å². The van der Waals surface area contributed by atoms with Crippen LogP contribution in [0.5, 0.6) is 0 Å². The molecular formula is C13H17N3O2. The maximum Gasteiger partial charge on any atom is 0.317 e. The van der Waals surface area contributed by atoms with Crippen LogP contribution in [0, 0.1) is 0 Å². The van der Waals surface area contributed by atoms with Gasteiger partial charge in [0.05, 0.1) is 5.54 Å². The SMILES string of the molecule is O=C1NC(O)C2(CCN(c3ccccc3)CC2)N1. The lowest BCUT2D eigenvalue weighted by atomic mass is 9.86. The summed E-state index contributed by atoms with van der Waals surface area (Å²) >= 11 is 0. The molecule has 96 valence electrons. The number of urea groups is 1. The van der Waals surface area contributed by atoms with Crippen LogP contribution >= 0.6 is 0 Å². The molecule has 0 aromatic heterocycles. The predicted molar refractivity (Wildman–Crippen MR) is 68.3 cm³/mol. The first-order chi connectivity index (χ1) is 8.70. The van der Waals surface area contributed by atoms with Crippen molar-refractivity contribution >= 4 is 11.7 Å². The molecule has 5 nitrogen and oxygen atoms in total. The molecule has 18 heavy (non-hydrogen) atoms. The number of benzene rings is 1. The monoisotopic (exact) mass is 247 g/mol. The number of nitrogens with zero attached hydrogens (tertiary/aromatic N) is 1. The Labute approximate surface area is 106 Å². The number of carbonyl (C=O) groups is 1. The molecule has 0 aliphatic carbocycles. The Morgan fingerprint density at radius 2 is 1.89 bits per heavy atom. The molecule has 3 rings (SSSR count). The van der Waals surface area contributed by atoms with Crippen molar-refractivity contribution in [3.63, 3.8) is 0 Å². The van der Waals surface area contributed by atoms with Crippen LogP contribution in [0.3, 0.4) is 0 Å². The van der Waals surface area contributed by atoms with Gasteiger partial charge < -0.3 is 20.6 Å². The van der Waals surface area contributed by atoms with E-state index >= 15 is 0 Å². The number of hydrogen-bond acceptors (Lipinski definition) is 3. The Morgan fingerprint density at radius 1 is 1.22 bits per heavy atom. The number of hydrogen-bond donors (Lipinski definition) is 3. The normalized spacial score (nSPS) is 25.9. The number of aliphatic hydroxyl groups is 1. The standard InChI is InChI=1S/C13H17N3O2/c17-11-13(15-12(18)14-11)6-8-16(9-7-13)10-4-2-1-3-5-10/h1-5,11,17H,6-9H2,(H2,14,15,18). The molecule has 2 aliphatic heterocycles. The van der Waals surface area contributed by atoms with Gasteiger partial charge in [-0.2, -0.15) is 0 Å². The van der Waals surface area contributed by atoms with Crippen molar-refractivity contribution in [2.24, 2.45) is 0 Å². The van der Waals surface area contributed by atoms with Gasteiger partial charge in [0, 0.05) is 18.8 Å². The molecule has 3 N–H and O–H groups in total. The lowest BCUT2D eigenvalue weighted by Gasteiger charge is -2.41. The fourth-order valence-electron chi connectivity index (χ4n) is 2.79. The summed E-state index contributed by atoms with van der Waals surface area (Å²) in [4.78, 5) is 13.6. The fraction of sp³-hybridized carbons (Fsp3) is 0.462. The van der Waals surface area contributed by atoms with E-state index in [1.165, 1.54) is 5.69 Å². The van der Waals surface area contributed by atoms with Crippen molar-refractivity contribution in [2.45, 2.75) is 24.6 Å². The summed E-state index contributed by atoms with van der Waals surface area (Å²) in [5, 5.41) is 15.3. The summed E-state index contributed by atoms with van der Waals surface area (Å²) in [5.74, 6) is 0. The van der Waals surface area contributed by atoms with Gasteiger partial charge in [-0.15, -0.1) is 0 Å². The summed E-state index contributed by atoms with van der Waals surface area (Å²) in [5.41, 5.74) is 0.710. The highest BCUT2D eigenvalue weighted by Gasteiger charge is 2.47. The van der Waals surface area contributed by atoms with Crippen molar-refractivity contribution in [3.05, 3.63) is 30.3 Å². The number of rotatable bonds is 1. The second-order valence-electron chi connectivity index (χ2n) is 4.98. The Bertz CT molecular complexity index is 441. The van der Waals surface area contributed by atoms with E-state index in [9.17, 15) is 9.90 Å². The molecule has 1 spiro atoms. The number of piperidine rings is 1. The number of amides is 2. The molecule has 2 saturated heterocycles. The van der Waals surface area contributed by atoms with E-state index in [-0.39, 0.29) is 6.03 Å². The topological polar surface area (TPSA) is 64.6 Å². The maximum atomic E-state index is 11.3. The fourth-order valence-corrected chi connectivity index (χ4v) is 2.79. The summed E-state index contributed by atoms with van der Waals surface area (Å²) < 4.78 is 0. The van der Waals surface area contributed by atoms with Crippen molar-refractivity contribution in [3.8, 4) is 0 Å². The van der Waals surface area contributed by atoms with E-state index in [2.05, 4.69) is 27.7 Å². The Kier molecular flexibility index (Phi) is 2.63. The molecule has 0 radical (unpaired) electrons. The number of aliphatic hydroxyl groups excluding tert-OH is 1. The van der Waals surface area contributed by atoms with Crippen LogP contribution in [-0.2, 0) is 0 Å². The Morgan fingerprint density at radius 3 is 2.44 bits per heavy atom. The summed E-state index contributed by atoms with van der Waals surface area (Å²) in [7, 11) is 0. The minimum Gasteiger partial charge on any atom is -0.371 e. The summed E-state index contributed by atoms with van der Waals surface area (Å²) in [6, 6.07) is 9.94. The zero-order chi connectivity index (χ0) is 12.6. The van der Waals surface area contributed by atoms with Gasteiger partial charge in [0.25, 0.3) is 0 Å². The molecule has 5 heteroatoms. The third-order valence-electron chi connectivity index (χ3n) is 3.93. The lowest BCUT2D eigenvalue weighted by molar-refractivity contribution is 0.0652. The third kappa shape index (κ3) is 1.80. The smallest absolute Gasteiger partial charge is 0.317 e. The molecule has 0 saturated carbocycles. The lowest BCUT2D eigenvalue weighted by Crippen LogP contribution is -2.56.